The van der Waals surface area contributed by atoms with E-state index in [9.17, 15) is 13.0 Å². The summed E-state index contributed by atoms with van der Waals surface area (Å²) < 4.78 is 40.3. The molecule has 0 bridgehead atoms. The molecule has 35 heavy (non-hydrogen) atoms. The van der Waals surface area contributed by atoms with Gasteiger partial charge in [0.15, 0.2) is 6.54 Å². The minimum absolute atomic E-state index is 0.282. The first-order valence-electron chi connectivity index (χ1n) is 11.3. The maximum atomic E-state index is 11.3. The molecule has 0 spiro atoms. The third-order valence-corrected chi connectivity index (χ3v) is 9.02. The molecule has 2 heterocycles. The highest BCUT2D eigenvalue weighted by atomic mass is 35.5. The molecule has 0 saturated heterocycles. The van der Waals surface area contributed by atoms with Gasteiger partial charge in [0.25, 0.3) is 15.1 Å². The summed E-state index contributed by atoms with van der Waals surface area (Å²) in [6, 6.07) is 11.9. The second-order valence-corrected chi connectivity index (χ2v) is 12.2. The lowest BCUT2D eigenvalue weighted by atomic mass is 10.2. The summed E-state index contributed by atoms with van der Waals surface area (Å²) in [4.78, 5) is 3.49. The van der Waals surface area contributed by atoms with Crippen molar-refractivity contribution in [1.82, 2.24) is 0 Å². The lowest BCUT2D eigenvalue weighted by Gasteiger charge is -2.18. The molecule has 0 aliphatic carbocycles. The second kappa shape index (κ2) is 10.9. The molecule has 1 aromatic heterocycles. The van der Waals surface area contributed by atoms with Crippen molar-refractivity contribution in [2.75, 3.05) is 24.3 Å². The Bertz CT molecular complexity index is 1410. The lowest BCUT2D eigenvalue weighted by molar-refractivity contribution is -0.668. The van der Waals surface area contributed by atoms with E-state index in [2.05, 4.69) is 47.6 Å². The van der Waals surface area contributed by atoms with Gasteiger partial charge in [-0.3, -0.25) is 4.55 Å². The van der Waals surface area contributed by atoms with E-state index in [1.54, 1.807) is 30.2 Å². The zero-order valence-corrected chi connectivity index (χ0v) is 23.0. The Kier molecular flexibility index (Phi) is 8.12. The smallest absolute Gasteiger partial charge is 0.265 e. The number of allylic oxidation sites excluding steroid dienone is 2. The molecule has 1 aliphatic rings. The molecular formula is C25H28ClN2O4S3+. The van der Waals surface area contributed by atoms with E-state index in [-0.39, 0.29) is 5.75 Å². The van der Waals surface area contributed by atoms with Gasteiger partial charge in [-0.1, -0.05) is 41.6 Å². The molecule has 0 saturated carbocycles. The van der Waals surface area contributed by atoms with Crippen LogP contribution < -0.4 is 14.2 Å². The molecule has 0 amide bonds. The van der Waals surface area contributed by atoms with Crippen LogP contribution >= 0.6 is 34.7 Å². The molecule has 0 atom stereocenters. The number of hydrogen-bond acceptors (Lipinski definition) is 6. The van der Waals surface area contributed by atoms with Gasteiger partial charge in [-0.05, 0) is 49.3 Å². The Morgan fingerprint density at radius 2 is 2.03 bits per heavy atom. The van der Waals surface area contributed by atoms with Crippen molar-refractivity contribution in [3.63, 3.8) is 0 Å². The third kappa shape index (κ3) is 6.03. The minimum Gasteiger partial charge on any atom is -0.497 e. The number of nitrogens with zero attached hydrogens (tertiary/aromatic N) is 2. The highest BCUT2D eigenvalue weighted by molar-refractivity contribution is 8.03. The fourth-order valence-electron chi connectivity index (χ4n) is 4.02. The van der Waals surface area contributed by atoms with E-state index >= 15 is 0 Å². The maximum Gasteiger partial charge on any atom is 0.265 e. The number of aryl methyl sites for hydroxylation is 1. The van der Waals surface area contributed by atoms with Gasteiger partial charge >= 0.3 is 0 Å². The molecule has 0 unspecified atom stereocenters. The largest absolute Gasteiger partial charge is 0.497 e. The van der Waals surface area contributed by atoms with E-state index in [1.807, 2.05) is 24.3 Å². The zero-order valence-electron chi connectivity index (χ0n) is 19.8. The molecule has 3 aromatic rings. The fraction of sp³-hybridized carbons (Fsp3) is 0.320. The zero-order chi connectivity index (χ0) is 25.2. The number of thioether (sulfide) groups is 1. The van der Waals surface area contributed by atoms with Crippen molar-refractivity contribution in [2.24, 2.45) is 0 Å². The first kappa shape index (κ1) is 26.0. The lowest BCUT2D eigenvalue weighted by Crippen LogP contribution is -2.36. The molecule has 2 aromatic carbocycles. The van der Waals surface area contributed by atoms with Crippen LogP contribution in [0.5, 0.6) is 5.75 Å². The topological polar surface area (TPSA) is 70.7 Å². The van der Waals surface area contributed by atoms with Gasteiger partial charge < -0.3 is 9.64 Å². The van der Waals surface area contributed by atoms with Crippen LogP contribution in [0.2, 0.25) is 5.02 Å². The number of aromatic nitrogens is 1. The van der Waals surface area contributed by atoms with Gasteiger partial charge in [0.2, 0.25) is 5.52 Å². The van der Waals surface area contributed by atoms with Crippen molar-refractivity contribution in [3.05, 3.63) is 63.1 Å². The van der Waals surface area contributed by atoms with Crippen molar-refractivity contribution in [3.8, 4) is 5.75 Å². The number of halogens is 1. The van der Waals surface area contributed by atoms with E-state index in [1.165, 1.54) is 4.90 Å². The van der Waals surface area contributed by atoms with Crippen LogP contribution in [-0.4, -0.2) is 32.4 Å². The first-order chi connectivity index (χ1) is 16.7. The number of hydrogen-bond donors (Lipinski definition) is 1. The van der Waals surface area contributed by atoms with Crippen molar-refractivity contribution >= 4 is 66.8 Å². The summed E-state index contributed by atoms with van der Waals surface area (Å²) >= 11 is 9.65. The van der Waals surface area contributed by atoms with Crippen molar-refractivity contribution < 1.29 is 22.3 Å². The Labute approximate surface area is 219 Å². The minimum atomic E-state index is -4.01. The first-order valence-corrected chi connectivity index (χ1v) is 15.0. The molecule has 4 rings (SSSR count). The molecule has 10 heteroatoms. The van der Waals surface area contributed by atoms with Gasteiger partial charge in [0.05, 0.1) is 23.6 Å². The summed E-state index contributed by atoms with van der Waals surface area (Å²) in [5.41, 5.74) is 3.26. The quantitative estimate of drug-likeness (QED) is 0.245. The van der Waals surface area contributed by atoms with E-state index in [4.69, 9.17) is 16.3 Å². The molecule has 1 N–H and O–H groups in total. The molecule has 0 radical (unpaired) electrons. The summed E-state index contributed by atoms with van der Waals surface area (Å²) in [7, 11) is -2.33. The normalized spacial score (nSPS) is 15.3. The summed E-state index contributed by atoms with van der Waals surface area (Å²) in [6.07, 6.45) is 5.53. The number of benzene rings is 2. The number of rotatable bonds is 9. The summed E-state index contributed by atoms with van der Waals surface area (Å²) in [6.45, 7) is 5.56. The Morgan fingerprint density at radius 3 is 2.71 bits per heavy atom. The highest BCUT2D eigenvalue weighted by Crippen LogP contribution is 2.47. The predicted octanol–water partition coefficient (Wildman–Crippen LogP) is 6.40. The van der Waals surface area contributed by atoms with Crippen LogP contribution in [0.15, 0.2) is 58.0 Å². The van der Waals surface area contributed by atoms with E-state index in [0.29, 0.717) is 18.0 Å². The number of fused-ring (bicyclic) bond motifs is 2. The standard InChI is InChI=1S/C25H27ClN2O4S3/c1-4-17(13-24-27(5-2)21-16-19(32-3)8-10-23(21)33-24)14-25-28(11-6-12-35(29,30)31)20-15-18(26)7-9-22(20)34-25/h7-10,13-16H,4-6,11-12H2,1-3H3/p+1. The number of methoxy groups -OCH3 is 1. The monoisotopic (exact) mass is 551 g/mol. The van der Waals surface area contributed by atoms with Crippen LogP contribution in [0.3, 0.4) is 0 Å². The number of ether oxygens (including phenoxy) is 1. The molecule has 1 aliphatic heterocycles. The van der Waals surface area contributed by atoms with Gasteiger partial charge in [0.1, 0.15) is 10.4 Å². The Balaban J connectivity index is 1.71. The van der Waals surface area contributed by atoms with Gasteiger partial charge in [-0.15, -0.1) is 0 Å². The Morgan fingerprint density at radius 1 is 1.23 bits per heavy atom. The molecule has 0 fully saturated rings. The van der Waals surface area contributed by atoms with Crippen molar-refractivity contribution in [1.29, 1.82) is 0 Å². The maximum absolute atomic E-state index is 11.3. The van der Waals surface area contributed by atoms with Crippen LogP contribution in [0.4, 0.5) is 5.69 Å². The molecular weight excluding hydrogens is 524 g/mol. The Hall–Kier alpha value is -2.04. The van der Waals surface area contributed by atoms with Crippen molar-refractivity contribution in [2.45, 2.75) is 38.1 Å². The van der Waals surface area contributed by atoms with Gasteiger partial charge in [-0.25, -0.2) is 0 Å². The van der Waals surface area contributed by atoms with E-state index < -0.39 is 10.1 Å². The number of anilines is 1. The third-order valence-electron chi connectivity index (χ3n) is 5.76. The molecule has 6 nitrogen and oxygen atoms in total. The average molecular weight is 552 g/mol. The predicted molar refractivity (Wildman–Crippen MR) is 146 cm³/mol. The number of thiazole rings is 1. The van der Waals surface area contributed by atoms with Gasteiger partial charge in [-0.2, -0.15) is 13.0 Å². The van der Waals surface area contributed by atoms with Gasteiger partial charge in [0, 0.05) is 41.1 Å². The summed E-state index contributed by atoms with van der Waals surface area (Å²) in [5, 5.41) is 2.80. The van der Waals surface area contributed by atoms with E-state index in [0.717, 1.165) is 50.2 Å². The second-order valence-electron chi connectivity index (χ2n) is 8.08. The fourth-order valence-corrected chi connectivity index (χ4v) is 7.01. The average Bonchev–Trinajstić information content (AvgIpc) is 3.33. The summed E-state index contributed by atoms with van der Waals surface area (Å²) in [5.74, 6) is 0.556. The molecule has 186 valence electrons. The van der Waals surface area contributed by atoms with Crippen LogP contribution in [0.1, 0.15) is 31.7 Å². The highest BCUT2D eigenvalue weighted by Gasteiger charge is 2.25. The van der Waals surface area contributed by atoms with Crippen LogP contribution in [0.25, 0.3) is 16.3 Å². The SMILES string of the molecule is CCC(=C/c1sc2ccc(Cl)cc2[n+]1CCCS(=O)(=O)O)/C=C1/Sc2ccc(OC)cc2N1CC. The van der Waals surface area contributed by atoms with Crippen LogP contribution in [0, 0.1) is 0 Å². The van der Waals surface area contributed by atoms with Crippen LogP contribution in [-0.2, 0) is 16.7 Å².